The summed E-state index contributed by atoms with van der Waals surface area (Å²) in [5.74, 6) is 1.65. The third-order valence-electron chi connectivity index (χ3n) is 20.4. The second kappa shape index (κ2) is 21.3. The minimum atomic E-state index is -1.73. The van der Waals surface area contributed by atoms with Crippen molar-refractivity contribution in [2.45, 2.75) is 240 Å². The Hall–Kier alpha value is -0.880. The molecule has 22 heteroatoms. The Balaban J connectivity index is 0.776. The van der Waals surface area contributed by atoms with E-state index >= 15 is 0 Å². The summed E-state index contributed by atoms with van der Waals surface area (Å²) < 4.78 is 62.0. The zero-order valence-electron chi connectivity index (χ0n) is 42.6. The van der Waals surface area contributed by atoms with E-state index in [1.165, 1.54) is 13.8 Å². The van der Waals surface area contributed by atoms with Crippen molar-refractivity contribution in [2.24, 2.45) is 52.3 Å². The number of hydrogen-bond donors (Lipinski definition) is 12. The van der Waals surface area contributed by atoms with Crippen LogP contribution in [0, 0.1) is 52.3 Å². The highest BCUT2D eigenvalue weighted by atomic mass is 16.8. The molecule has 10 aliphatic rings. The van der Waals surface area contributed by atoms with Gasteiger partial charge in [0.2, 0.25) is 0 Å². The van der Waals surface area contributed by atoms with Crippen molar-refractivity contribution in [1.82, 2.24) is 0 Å². The lowest BCUT2D eigenvalue weighted by molar-refractivity contribution is -0.389. The number of rotatable bonds is 11. The van der Waals surface area contributed by atoms with Gasteiger partial charge < -0.3 is 109 Å². The van der Waals surface area contributed by atoms with Crippen LogP contribution >= 0.6 is 0 Å². The van der Waals surface area contributed by atoms with Gasteiger partial charge in [0, 0.05) is 18.3 Å². The topological polar surface area (TPSA) is 335 Å². The van der Waals surface area contributed by atoms with Crippen LogP contribution in [0.1, 0.15) is 98.8 Å². The van der Waals surface area contributed by atoms with Crippen LogP contribution in [0.25, 0.3) is 0 Å². The van der Waals surface area contributed by atoms with E-state index in [9.17, 15) is 61.3 Å². The Morgan fingerprint density at radius 3 is 1.75 bits per heavy atom. The zero-order valence-corrected chi connectivity index (χ0v) is 42.6. The minimum absolute atomic E-state index is 0.000544. The molecule has 0 bridgehead atoms. The van der Waals surface area contributed by atoms with Crippen molar-refractivity contribution in [1.29, 1.82) is 0 Å². The van der Waals surface area contributed by atoms with Gasteiger partial charge in [-0.25, -0.2) is 0 Å². The summed E-state index contributed by atoms with van der Waals surface area (Å²) in [5, 5.41) is 127. The first kappa shape index (κ1) is 55.4. The summed E-state index contributed by atoms with van der Waals surface area (Å²) in [4.78, 5) is 0. The third kappa shape index (κ3) is 9.60. The summed E-state index contributed by atoms with van der Waals surface area (Å²) in [6, 6.07) is 0. The van der Waals surface area contributed by atoms with Crippen LogP contribution < -0.4 is 0 Å². The highest BCUT2D eigenvalue weighted by Crippen LogP contribution is 2.71. The standard InChI is InChI=1S/C51H84O22/c1-20-32-29(73-51(20)13-8-23(19-65-51)18-64-45-39(60)38(59)35(56)30(16-52)69-45)15-28-26-7-6-24-14-25(9-11-49(24,4)27(26)10-12-50(28,32)5)68-48-44(72-47-41(62)37(58)34(55)22(3)67-47)42(63)43(31(17-53)70-48)71-46-40(61)36(57)33(54)21(2)66-46/h20-48,52-63H,6-19H2,1-5H3/t20-,21-,22-,23+,24?,25-,26+,27-,28-,29-,30+,31+,32-,33-,34-,35+,36+,37+,38-,39+,40+,41+,42-,43+,44+,45+,46-,47-,48+,49-,50-,51+/m0/s1. The van der Waals surface area contributed by atoms with E-state index in [-0.39, 0.29) is 41.5 Å². The third-order valence-corrected chi connectivity index (χ3v) is 20.4. The molecule has 4 aliphatic carbocycles. The average Bonchev–Trinajstić information content (AvgIpc) is 3.82. The lowest BCUT2D eigenvalue weighted by Gasteiger charge is -2.61. The SMILES string of the molecule is C[C@@H]1O[C@@H](O[C@H]2[C@H](O[C@H]3CC[C@@]4(C)C(CC[C@H]5[C@@H]6C[C@@H]7O[C@]8(CC[C@H](CO[C@@H]9O[C@H](CO)[C@@H](O)[C@H](O)[C@H]9O)CO8)[C@@H](C)[C@@H]7[C@@]6(C)CC[C@@H]54)C3)O[C@H](CO)[C@@H](O[C@@H]3O[C@@H](C)[C@H](O)[C@@H](O)[C@H]3O)[C@@H]2O)[C@H](O)[C@H](O)[C@H]1O. The molecular formula is C51H84O22. The van der Waals surface area contributed by atoms with Crippen molar-refractivity contribution in [3.8, 4) is 0 Å². The van der Waals surface area contributed by atoms with E-state index in [0.717, 1.165) is 44.9 Å². The molecule has 6 saturated heterocycles. The van der Waals surface area contributed by atoms with Crippen LogP contribution in [0.2, 0.25) is 0 Å². The Morgan fingerprint density at radius 2 is 1.12 bits per heavy atom. The molecule has 10 rings (SSSR count). The van der Waals surface area contributed by atoms with Gasteiger partial charge in [0.1, 0.15) is 85.5 Å². The van der Waals surface area contributed by atoms with Gasteiger partial charge in [-0.3, -0.25) is 0 Å². The molecule has 0 aromatic rings. The monoisotopic (exact) mass is 1050 g/mol. The fraction of sp³-hybridized carbons (Fsp3) is 1.00. The fourth-order valence-electron chi connectivity index (χ4n) is 16.1. The first-order valence-corrected chi connectivity index (χ1v) is 27.2. The van der Waals surface area contributed by atoms with E-state index in [2.05, 4.69) is 20.8 Å². The molecule has 32 atom stereocenters. The predicted octanol–water partition coefficient (Wildman–Crippen LogP) is -1.88. The number of ether oxygens (including phenoxy) is 10. The van der Waals surface area contributed by atoms with Crippen LogP contribution in [0.5, 0.6) is 0 Å². The molecule has 4 saturated carbocycles. The molecule has 1 spiro atoms. The molecule has 0 aromatic carbocycles. The molecule has 0 aromatic heterocycles. The molecule has 10 fully saturated rings. The van der Waals surface area contributed by atoms with Crippen LogP contribution in [-0.2, 0) is 47.4 Å². The minimum Gasteiger partial charge on any atom is -0.394 e. The molecular weight excluding hydrogens is 965 g/mol. The molecule has 6 heterocycles. The Bertz CT molecular complexity index is 1860. The van der Waals surface area contributed by atoms with Crippen molar-refractivity contribution < 1.29 is 109 Å². The van der Waals surface area contributed by atoms with Crippen LogP contribution in [0.15, 0.2) is 0 Å². The first-order chi connectivity index (χ1) is 34.6. The smallest absolute Gasteiger partial charge is 0.187 e. The summed E-state index contributed by atoms with van der Waals surface area (Å²) in [6.45, 7) is 9.63. The van der Waals surface area contributed by atoms with Crippen molar-refractivity contribution in [2.75, 3.05) is 26.4 Å². The summed E-state index contributed by atoms with van der Waals surface area (Å²) >= 11 is 0. The lowest BCUT2D eigenvalue weighted by Crippen LogP contribution is -2.66. The predicted molar refractivity (Wildman–Crippen MR) is 247 cm³/mol. The average molecular weight is 1050 g/mol. The zero-order chi connectivity index (χ0) is 52.2. The molecule has 1 unspecified atom stereocenters. The Labute approximate surface area is 426 Å². The van der Waals surface area contributed by atoms with Crippen molar-refractivity contribution in [3.63, 3.8) is 0 Å². The van der Waals surface area contributed by atoms with Crippen molar-refractivity contribution >= 4 is 0 Å². The maximum absolute atomic E-state index is 12.1. The van der Waals surface area contributed by atoms with E-state index in [1.807, 2.05) is 0 Å². The van der Waals surface area contributed by atoms with E-state index < -0.39 is 142 Å². The number of aliphatic hydroxyl groups excluding tert-OH is 12. The van der Waals surface area contributed by atoms with E-state index in [4.69, 9.17) is 47.4 Å². The summed E-state index contributed by atoms with van der Waals surface area (Å²) in [6.07, 6.45) is -19.7. The van der Waals surface area contributed by atoms with Gasteiger partial charge in [-0.15, -0.1) is 0 Å². The number of hydrogen-bond acceptors (Lipinski definition) is 22. The lowest BCUT2D eigenvalue weighted by atomic mass is 9.44. The van der Waals surface area contributed by atoms with E-state index in [0.29, 0.717) is 55.5 Å². The fourth-order valence-corrected chi connectivity index (χ4v) is 16.1. The quantitative estimate of drug-likeness (QED) is 0.101. The molecule has 0 amide bonds. The summed E-state index contributed by atoms with van der Waals surface area (Å²) in [7, 11) is 0. The number of aliphatic hydroxyl groups is 12. The maximum Gasteiger partial charge on any atom is 0.187 e. The Kier molecular flexibility index (Phi) is 16.2. The van der Waals surface area contributed by atoms with E-state index in [1.54, 1.807) is 0 Å². The molecule has 6 aliphatic heterocycles. The van der Waals surface area contributed by atoms with Crippen LogP contribution in [-0.4, -0.2) is 229 Å². The molecule has 22 nitrogen and oxygen atoms in total. The van der Waals surface area contributed by atoms with Crippen molar-refractivity contribution in [3.05, 3.63) is 0 Å². The van der Waals surface area contributed by atoms with Gasteiger partial charge in [-0.1, -0.05) is 20.8 Å². The van der Waals surface area contributed by atoms with Gasteiger partial charge in [0.25, 0.3) is 0 Å². The van der Waals surface area contributed by atoms with Crippen LogP contribution in [0.4, 0.5) is 0 Å². The molecule has 12 N–H and O–H groups in total. The maximum atomic E-state index is 12.1. The van der Waals surface area contributed by atoms with Gasteiger partial charge in [0.05, 0.1) is 50.8 Å². The van der Waals surface area contributed by atoms with Gasteiger partial charge in [0.15, 0.2) is 30.9 Å². The first-order valence-electron chi connectivity index (χ1n) is 27.2. The normalized spacial score (nSPS) is 58.2. The largest absolute Gasteiger partial charge is 0.394 e. The molecule has 0 radical (unpaired) electrons. The second-order valence-electron chi connectivity index (χ2n) is 24.3. The second-order valence-corrected chi connectivity index (χ2v) is 24.3. The van der Waals surface area contributed by atoms with Crippen LogP contribution in [0.3, 0.4) is 0 Å². The Morgan fingerprint density at radius 1 is 0.521 bits per heavy atom. The number of fused-ring (bicyclic) bond motifs is 7. The molecule has 73 heavy (non-hydrogen) atoms. The van der Waals surface area contributed by atoms with Gasteiger partial charge in [-0.2, -0.15) is 0 Å². The highest BCUT2D eigenvalue weighted by molar-refractivity contribution is 5.16. The molecule has 420 valence electrons. The summed E-state index contributed by atoms with van der Waals surface area (Å²) in [5.41, 5.74) is 0.110. The van der Waals surface area contributed by atoms with Gasteiger partial charge in [-0.05, 0) is 112 Å². The van der Waals surface area contributed by atoms with Gasteiger partial charge >= 0.3 is 0 Å². The highest BCUT2D eigenvalue weighted by Gasteiger charge is 2.69.